The van der Waals surface area contributed by atoms with Crippen molar-refractivity contribution in [3.05, 3.63) is 44.1 Å². The third-order valence-corrected chi connectivity index (χ3v) is 7.48. The molecule has 7 nitrogen and oxygen atoms in total. The van der Waals surface area contributed by atoms with Crippen molar-refractivity contribution in [2.75, 3.05) is 5.75 Å². The van der Waals surface area contributed by atoms with E-state index >= 15 is 0 Å². The second-order valence-corrected chi connectivity index (χ2v) is 11.1. The molecule has 31 heavy (non-hydrogen) atoms. The quantitative estimate of drug-likeness (QED) is 0.163. The van der Waals surface area contributed by atoms with Gasteiger partial charge in [0, 0.05) is 5.75 Å². The summed E-state index contributed by atoms with van der Waals surface area (Å²) in [4.78, 5) is 23.4. The van der Waals surface area contributed by atoms with Gasteiger partial charge in [-0.25, -0.2) is 0 Å². The number of aliphatic carboxylic acids is 1. The molecule has 2 rings (SSSR count). The summed E-state index contributed by atoms with van der Waals surface area (Å²) in [7, 11) is 0. The standard InChI is InChI=1S/C18H16I4N2O5S.Na/c19-9-4-8(5-10(20)15(9)25)29-16-11(21)1-7(2-12(16)22)3-14(18(27)28)24-17(26)13(23)6-30;/h1-2,4-5,13-14,25,30H,3,6,23H2,(H,24,26)(H,27,28);/q;+1/p-1/t13?,14-;/m0./s1. The minimum Gasteiger partial charge on any atom is -0.548 e. The Morgan fingerprint density at radius 3 is 2.06 bits per heavy atom. The van der Waals surface area contributed by atoms with Gasteiger partial charge < -0.3 is 30.8 Å². The molecule has 0 saturated heterocycles. The number of nitrogens with two attached hydrogens (primary N) is 1. The third kappa shape index (κ3) is 8.74. The molecule has 0 radical (unpaired) electrons. The van der Waals surface area contributed by atoms with Crippen LogP contribution in [-0.2, 0) is 16.0 Å². The molecular weight excluding hydrogens is 887 g/mol. The van der Waals surface area contributed by atoms with Crippen LogP contribution in [0.15, 0.2) is 24.3 Å². The average Bonchev–Trinajstić information content (AvgIpc) is 2.67. The van der Waals surface area contributed by atoms with Crippen molar-refractivity contribution in [2.45, 2.75) is 18.5 Å². The van der Waals surface area contributed by atoms with Gasteiger partial charge >= 0.3 is 29.6 Å². The van der Waals surface area contributed by atoms with Gasteiger partial charge in [-0.05, 0) is 127 Å². The monoisotopic (exact) mass is 902 g/mol. The molecule has 0 aromatic heterocycles. The van der Waals surface area contributed by atoms with E-state index in [-0.39, 0.29) is 47.5 Å². The normalized spacial score (nSPS) is 12.5. The van der Waals surface area contributed by atoms with Crippen molar-refractivity contribution in [1.82, 2.24) is 5.32 Å². The first-order chi connectivity index (χ1) is 14.0. The Kier molecular flexibility index (Phi) is 13.6. The predicted molar refractivity (Wildman–Crippen MR) is 148 cm³/mol. The first kappa shape index (κ1) is 30.2. The van der Waals surface area contributed by atoms with E-state index in [1.165, 1.54) is 0 Å². The SMILES string of the molecule is NC(CS)C(=O)N[C@@H](Cc1cc(I)c(Oc2cc(I)c(O)c(I)c2)c(I)c1)C(=O)[O-].[Na+]. The first-order valence-corrected chi connectivity index (χ1v) is 13.2. The maximum absolute atomic E-state index is 11.9. The van der Waals surface area contributed by atoms with Crippen LogP contribution in [0.4, 0.5) is 0 Å². The van der Waals surface area contributed by atoms with Crippen molar-refractivity contribution < 1.29 is 54.1 Å². The summed E-state index contributed by atoms with van der Waals surface area (Å²) in [5, 5.41) is 23.8. The summed E-state index contributed by atoms with van der Waals surface area (Å²) < 4.78 is 8.89. The number of nitrogens with one attached hydrogen (secondary N) is 1. The largest absolute Gasteiger partial charge is 1.00 e. The Labute approximate surface area is 261 Å². The number of aromatic hydroxyl groups is 1. The van der Waals surface area contributed by atoms with Crippen molar-refractivity contribution in [3.8, 4) is 17.2 Å². The molecule has 2 atom stereocenters. The predicted octanol–water partition coefficient (Wildman–Crippen LogP) is -0.359. The van der Waals surface area contributed by atoms with Crippen LogP contribution in [0.3, 0.4) is 0 Å². The Morgan fingerprint density at radius 2 is 1.61 bits per heavy atom. The van der Waals surface area contributed by atoms with Crippen LogP contribution in [0.25, 0.3) is 0 Å². The number of phenolic OH excluding ortho intramolecular Hbond substituents is 1. The van der Waals surface area contributed by atoms with E-state index in [1.54, 1.807) is 24.3 Å². The Morgan fingerprint density at radius 1 is 1.10 bits per heavy atom. The molecule has 162 valence electrons. The van der Waals surface area contributed by atoms with Crippen molar-refractivity contribution in [3.63, 3.8) is 0 Å². The van der Waals surface area contributed by atoms with Crippen LogP contribution in [-0.4, -0.2) is 34.8 Å². The molecule has 1 amide bonds. The number of thiol groups is 1. The molecule has 0 fully saturated rings. The first-order valence-electron chi connectivity index (χ1n) is 8.25. The summed E-state index contributed by atoms with van der Waals surface area (Å²) in [6, 6.07) is 4.91. The molecule has 0 aliphatic carbocycles. The van der Waals surface area contributed by atoms with E-state index in [2.05, 4.69) is 63.1 Å². The molecule has 2 aromatic carbocycles. The number of hydrogen-bond donors (Lipinski definition) is 4. The van der Waals surface area contributed by atoms with Crippen LogP contribution < -0.4 is 50.5 Å². The molecule has 0 bridgehead atoms. The van der Waals surface area contributed by atoms with Gasteiger partial charge in [0.2, 0.25) is 5.91 Å². The van der Waals surface area contributed by atoms with Crippen LogP contribution in [0.1, 0.15) is 5.56 Å². The Balaban J connectivity index is 0.00000480. The van der Waals surface area contributed by atoms with Crippen LogP contribution >= 0.6 is 103 Å². The van der Waals surface area contributed by atoms with Gasteiger partial charge in [0.25, 0.3) is 0 Å². The topological polar surface area (TPSA) is 125 Å². The summed E-state index contributed by atoms with van der Waals surface area (Å²) in [5.41, 5.74) is 6.29. The second-order valence-electron chi connectivity index (χ2n) is 6.10. The number of amides is 1. The van der Waals surface area contributed by atoms with E-state index in [0.717, 1.165) is 7.14 Å². The summed E-state index contributed by atoms with van der Waals surface area (Å²) in [5.74, 6) is -0.499. The smallest absolute Gasteiger partial charge is 0.548 e. The van der Waals surface area contributed by atoms with Crippen molar-refractivity contribution >= 4 is 115 Å². The van der Waals surface area contributed by atoms with E-state index in [4.69, 9.17) is 10.5 Å². The van der Waals surface area contributed by atoms with E-state index in [1.807, 2.05) is 45.2 Å². The molecule has 0 saturated carbocycles. The Hall–Kier alpha value is 1.21. The molecule has 0 aliphatic rings. The molecule has 0 aliphatic heterocycles. The van der Waals surface area contributed by atoms with Crippen molar-refractivity contribution in [1.29, 1.82) is 0 Å². The van der Waals surface area contributed by atoms with E-state index in [9.17, 15) is 19.8 Å². The summed E-state index contributed by atoms with van der Waals surface area (Å²) in [6.07, 6.45) is 0.0364. The van der Waals surface area contributed by atoms with Crippen molar-refractivity contribution in [2.24, 2.45) is 5.73 Å². The van der Waals surface area contributed by atoms with E-state index < -0.39 is 24.0 Å². The number of carbonyl (C=O) groups excluding carboxylic acids is 2. The second kappa shape index (κ2) is 13.9. The number of carboxylic acid groups (broad SMARTS) is 1. The van der Waals surface area contributed by atoms with Crippen LogP contribution in [0, 0.1) is 14.3 Å². The molecule has 2 aromatic rings. The number of phenols is 1. The molecule has 1 unspecified atom stereocenters. The zero-order chi connectivity index (χ0) is 22.6. The fourth-order valence-electron chi connectivity index (χ4n) is 2.34. The molecule has 0 spiro atoms. The number of carboxylic acids is 1. The number of benzene rings is 2. The Bertz CT molecular complexity index is 936. The van der Waals surface area contributed by atoms with Gasteiger partial charge in [-0.3, -0.25) is 4.79 Å². The maximum atomic E-state index is 11.9. The van der Waals surface area contributed by atoms with Crippen LogP contribution in [0.2, 0.25) is 0 Å². The van der Waals surface area contributed by atoms with Crippen LogP contribution in [0.5, 0.6) is 17.2 Å². The van der Waals surface area contributed by atoms with Gasteiger partial charge in [-0.1, -0.05) is 0 Å². The zero-order valence-electron chi connectivity index (χ0n) is 16.0. The number of rotatable bonds is 8. The van der Waals surface area contributed by atoms with Gasteiger partial charge in [-0.2, -0.15) is 12.6 Å². The summed E-state index contributed by atoms with van der Waals surface area (Å²) >= 11 is 12.2. The minimum absolute atomic E-state index is 0. The molecule has 0 heterocycles. The third-order valence-electron chi connectivity index (χ3n) is 3.84. The zero-order valence-corrected chi connectivity index (χ0v) is 27.5. The molecule has 4 N–H and O–H groups in total. The number of hydrogen-bond acceptors (Lipinski definition) is 7. The molecule has 13 heteroatoms. The van der Waals surface area contributed by atoms with E-state index in [0.29, 0.717) is 24.2 Å². The van der Waals surface area contributed by atoms with Gasteiger partial charge in [0.05, 0.1) is 32.3 Å². The number of ether oxygens (including phenoxy) is 1. The van der Waals surface area contributed by atoms with Gasteiger partial charge in [-0.15, -0.1) is 0 Å². The molecular formula is C18H15I4N2NaO5S. The number of halogens is 4. The fourth-order valence-corrected chi connectivity index (χ4v) is 6.33. The maximum Gasteiger partial charge on any atom is 1.00 e. The average molecular weight is 902 g/mol. The summed E-state index contributed by atoms with van der Waals surface area (Å²) in [6.45, 7) is 0. The minimum atomic E-state index is -1.40. The van der Waals surface area contributed by atoms with Gasteiger partial charge in [0.15, 0.2) is 5.75 Å². The number of carbonyl (C=O) groups is 2. The van der Waals surface area contributed by atoms with Gasteiger partial charge in [0.1, 0.15) is 11.5 Å². The fraction of sp³-hybridized carbons (Fsp3) is 0.222.